The third kappa shape index (κ3) is 3.85. The minimum Gasteiger partial charge on any atom is -0.349 e. The van der Waals surface area contributed by atoms with Crippen molar-refractivity contribution < 1.29 is 9.59 Å². The summed E-state index contributed by atoms with van der Waals surface area (Å²) in [6.45, 7) is 3.30. The number of carbonyl (C=O) groups is 2. The van der Waals surface area contributed by atoms with Crippen molar-refractivity contribution in [2.45, 2.75) is 25.8 Å². The van der Waals surface area contributed by atoms with Gasteiger partial charge in [-0.05, 0) is 36.8 Å². The van der Waals surface area contributed by atoms with Gasteiger partial charge in [-0.2, -0.15) is 0 Å². The maximum atomic E-state index is 12.5. The number of hydrogen-bond donors (Lipinski definition) is 1. The fourth-order valence-corrected chi connectivity index (χ4v) is 3.75. The van der Waals surface area contributed by atoms with Crippen molar-refractivity contribution >= 4 is 23.2 Å². The monoisotopic (exact) mass is 342 g/mol. The maximum Gasteiger partial charge on any atom is 0.263 e. The van der Waals surface area contributed by atoms with Crippen LogP contribution in [0.25, 0.3) is 0 Å². The Morgan fingerprint density at radius 3 is 2.46 bits per heavy atom. The summed E-state index contributed by atoms with van der Waals surface area (Å²) in [6.07, 6.45) is 1.45. The van der Waals surface area contributed by atoms with Crippen LogP contribution < -0.4 is 5.32 Å². The van der Waals surface area contributed by atoms with Gasteiger partial charge >= 0.3 is 0 Å². The number of benzene rings is 1. The van der Waals surface area contributed by atoms with E-state index in [1.807, 2.05) is 59.7 Å². The van der Waals surface area contributed by atoms with E-state index in [9.17, 15) is 9.59 Å². The van der Waals surface area contributed by atoms with Gasteiger partial charge in [0, 0.05) is 19.0 Å². The van der Waals surface area contributed by atoms with Crippen LogP contribution in [-0.2, 0) is 4.79 Å². The Bertz CT molecular complexity index is 677. The second-order valence-corrected chi connectivity index (χ2v) is 7.13. The molecule has 0 radical (unpaired) electrons. The zero-order valence-corrected chi connectivity index (χ0v) is 14.6. The lowest BCUT2D eigenvalue weighted by Gasteiger charge is -2.31. The summed E-state index contributed by atoms with van der Waals surface area (Å²) < 4.78 is 0. The molecule has 4 nitrogen and oxygen atoms in total. The van der Waals surface area contributed by atoms with Crippen LogP contribution in [0.4, 0.5) is 0 Å². The fraction of sp³-hybridized carbons (Fsp3) is 0.368. The normalized spacial score (nSPS) is 16.6. The molecule has 3 rings (SSSR count). The van der Waals surface area contributed by atoms with Crippen LogP contribution in [0.3, 0.4) is 0 Å². The number of amides is 2. The molecule has 1 aliphatic heterocycles. The summed E-state index contributed by atoms with van der Waals surface area (Å²) in [5.74, 6) is 0.166. The van der Waals surface area contributed by atoms with E-state index < -0.39 is 0 Å². The molecular weight excluding hydrogens is 320 g/mol. The minimum absolute atomic E-state index is 0.00415. The van der Waals surface area contributed by atoms with Gasteiger partial charge in [0.1, 0.15) is 0 Å². The summed E-state index contributed by atoms with van der Waals surface area (Å²) in [6, 6.07) is 13.7. The highest BCUT2D eigenvalue weighted by Gasteiger charge is 2.28. The van der Waals surface area contributed by atoms with Gasteiger partial charge in [0.2, 0.25) is 5.91 Å². The van der Waals surface area contributed by atoms with Crippen molar-refractivity contribution in [3.05, 3.63) is 58.3 Å². The molecule has 2 amide bonds. The van der Waals surface area contributed by atoms with Crippen LogP contribution in [0.15, 0.2) is 47.8 Å². The molecule has 0 bridgehead atoms. The van der Waals surface area contributed by atoms with Crippen molar-refractivity contribution in [2.75, 3.05) is 13.1 Å². The summed E-state index contributed by atoms with van der Waals surface area (Å²) in [4.78, 5) is 27.4. The molecule has 2 aromatic rings. The largest absolute Gasteiger partial charge is 0.349 e. The summed E-state index contributed by atoms with van der Waals surface area (Å²) in [5.41, 5.74) is 1.11. The van der Waals surface area contributed by atoms with E-state index in [-0.39, 0.29) is 23.8 Å². The van der Waals surface area contributed by atoms with Gasteiger partial charge in [0.15, 0.2) is 0 Å². The first-order valence-corrected chi connectivity index (χ1v) is 9.21. The Morgan fingerprint density at radius 1 is 1.12 bits per heavy atom. The van der Waals surface area contributed by atoms with E-state index in [1.165, 1.54) is 11.3 Å². The lowest BCUT2D eigenvalue weighted by atomic mass is 9.95. The molecule has 1 fully saturated rings. The molecule has 5 heteroatoms. The lowest BCUT2D eigenvalue weighted by molar-refractivity contribution is -0.126. The van der Waals surface area contributed by atoms with Gasteiger partial charge in [-0.1, -0.05) is 36.4 Å². The highest BCUT2D eigenvalue weighted by atomic mass is 32.1. The Balaban J connectivity index is 1.51. The number of likely N-dealkylation sites (tertiary alicyclic amines) is 1. The van der Waals surface area contributed by atoms with E-state index in [0.29, 0.717) is 13.1 Å². The lowest BCUT2D eigenvalue weighted by Crippen LogP contribution is -2.43. The quantitative estimate of drug-likeness (QED) is 0.925. The molecule has 126 valence electrons. The van der Waals surface area contributed by atoms with Gasteiger partial charge in [0.25, 0.3) is 5.91 Å². The first-order chi connectivity index (χ1) is 11.6. The predicted octanol–water partition coefficient (Wildman–Crippen LogP) is 3.48. The molecule has 1 aromatic carbocycles. The summed E-state index contributed by atoms with van der Waals surface area (Å²) in [7, 11) is 0. The van der Waals surface area contributed by atoms with E-state index in [2.05, 4.69) is 5.32 Å². The van der Waals surface area contributed by atoms with Crippen molar-refractivity contribution in [1.29, 1.82) is 0 Å². The first-order valence-electron chi connectivity index (χ1n) is 8.33. The van der Waals surface area contributed by atoms with Crippen molar-refractivity contribution in [3.8, 4) is 0 Å². The number of thiophene rings is 1. The molecular formula is C19H22N2O2S. The number of rotatable bonds is 4. The van der Waals surface area contributed by atoms with Gasteiger partial charge in [-0.3, -0.25) is 9.59 Å². The fourth-order valence-electron chi connectivity index (χ4n) is 3.06. The van der Waals surface area contributed by atoms with Crippen LogP contribution in [0.5, 0.6) is 0 Å². The molecule has 0 spiro atoms. The second-order valence-electron chi connectivity index (χ2n) is 6.18. The van der Waals surface area contributed by atoms with Crippen LogP contribution in [0.2, 0.25) is 0 Å². The Hall–Kier alpha value is -2.14. The predicted molar refractivity (Wildman–Crippen MR) is 95.9 cm³/mol. The molecule has 1 atom stereocenters. The topological polar surface area (TPSA) is 49.4 Å². The average molecular weight is 342 g/mol. The van der Waals surface area contributed by atoms with E-state index >= 15 is 0 Å². The molecule has 1 unspecified atom stereocenters. The molecule has 1 aromatic heterocycles. The number of nitrogens with zero attached hydrogens (tertiary/aromatic N) is 1. The SMILES string of the molecule is CC(NC(=O)C1CCN(C(=O)c2cccs2)CC1)c1ccccc1. The number of nitrogens with one attached hydrogen (secondary N) is 1. The minimum atomic E-state index is -0.0106. The summed E-state index contributed by atoms with van der Waals surface area (Å²) >= 11 is 1.47. The van der Waals surface area contributed by atoms with E-state index in [4.69, 9.17) is 0 Å². The standard InChI is InChI=1S/C19H22N2O2S/c1-14(15-6-3-2-4-7-15)20-18(22)16-9-11-21(12-10-16)19(23)17-8-5-13-24-17/h2-8,13-14,16H,9-12H2,1H3,(H,20,22). The van der Waals surface area contributed by atoms with Crippen LogP contribution >= 0.6 is 11.3 Å². The maximum absolute atomic E-state index is 12.5. The van der Waals surface area contributed by atoms with Crippen molar-refractivity contribution in [3.63, 3.8) is 0 Å². The molecule has 2 heterocycles. The Kier molecular flexibility index (Phi) is 5.30. The summed E-state index contributed by atoms with van der Waals surface area (Å²) in [5, 5.41) is 5.01. The van der Waals surface area contributed by atoms with Crippen LogP contribution in [0, 0.1) is 5.92 Å². The van der Waals surface area contributed by atoms with Gasteiger partial charge in [-0.15, -0.1) is 11.3 Å². The average Bonchev–Trinajstić information content (AvgIpc) is 3.16. The van der Waals surface area contributed by atoms with Gasteiger partial charge in [0.05, 0.1) is 10.9 Å². The smallest absolute Gasteiger partial charge is 0.263 e. The first kappa shape index (κ1) is 16.7. The molecule has 24 heavy (non-hydrogen) atoms. The van der Waals surface area contributed by atoms with Crippen LogP contribution in [-0.4, -0.2) is 29.8 Å². The zero-order chi connectivity index (χ0) is 16.9. The van der Waals surface area contributed by atoms with Crippen molar-refractivity contribution in [2.24, 2.45) is 5.92 Å². The van der Waals surface area contributed by atoms with Gasteiger partial charge in [-0.25, -0.2) is 0 Å². The van der Waals surface area contributed by atoms with E-state index in [1.54, 1.807) is 0 Å². The van der Waals surface area contributed by atoms with E-state index in [0.717, 1.165) is 23.3 Å². The molecule has 1 saturated heterocycles. The number of carbonyl (C=O) groups excluding carboxylic acids is 2. The Morgan fingerprint density at radius 2 is 1.83 bits per heavy atom. The molecule has 0 saturated carbocycles. The molecule has 0 aliphatic carbocycles. The second kappa shape index (κ2) is 7.62. The molecule has 1 aliphatic rings. The zero-order valence-electron chi connectivity index (χ0n) is 13.8. The highest BCUT2D eigenvalue weighted by Crippen LogP contribution is 2.22. The third-order valence-corrected chi connectivity index (χ3v) is 5.40. The highest BCUT2D eigenvalue weighted by molar-refractivity contribution is 7.12. The van der Waals surface area contributed by atoms with Crippen molar-refractivity contribution in [1.82, 2.24) is 10.2 Å². The number of hydrogen-bond acceptors (Lipinski definition) is 3. The third-order valence-electron chi connectivity index (χ3n) is 4.54. The Labute approximate surface area is 146 Å². The number of piperidine rings is 1. The van der Waals surface area contributed by atoms with Crippen LogP contribution in [0.1, 0.15) is 41.0 Å². The van der Waals surface area contributed by atoms with Gasteiger partial charge < -0.3 is 10.2 Å². The molecule has 1 N–H and O–H groups in total.